The van der Waals surface area contributed by atoms with Gasteiger partial charge in [0.25, 0.3) is 0 Å². The molecule has 2 N–H and O–H groups in total. The zero-order valence-corrected chi connectivity index (χ0v) is 17.4. The molecule has 1 aromatic carbocycles. The van der Waals surface area contributed by atoms with Crippen molar-refractivity contribution in [1.29, 1.82) is 0 Å². The first-order valence-corrected chi connectivity index (χ1v) is 10.2. The average molecular weight is 402 g/mol. The van der Waals surface area contributed by atoms with E-state index in [1.807, 2.05) is 38.2 Å². The molecule has 150 valence electrons. The Kier molecular flexibility index (Phi) is 6.34. The number of ether oxygens (including phenoxy) is 1. The second-order valence-corrected chi connectivity index (χ2v) is 7.64. The van der Waals surface area contributed by atoms with Crippen molar-refractivity contribution in [3.8, 4) is 0 Å². The molecular weight excluding hydrogens is 374 g/mol. The van der Waals surface area contributed by atoms with Crippen LogP contribution in [0.25, 0.3) is 0 Å². The monoisotopic (exact) mass is 401 g/mol. The summed E-state index contributed by atoms with van der Waals surface area (Å²) < 4.78 is 5.27. The van der Waals surface area contributed by atoms with Gasteiger partial charge >= 0.3 is 5.97 Å². The van der Waals surface area contributed by atoms with Gasteiger partial charge in [-0.2, -0.15) is 0 Å². The van der Waals surface area contributed by atoms with E-state index >= 15 is 0 Å². The number of anilines is 1. The number of thiocarbonyl (C=S) groups is 1. The van der Waals surface area contributed by atoms with Crippen LogP contribution in [-0.4, -0.2) is 35.5 Å². The van der Waals surface area contributed by atoms with Gasteiger partial charge < -0.3 is 20.3 Å². The third kappa shape index (κ3) is 4.19. The van der Waals surface area contributed by atoms with Crippen molar-refractivity contribution in [3.05, 3.63) is 41.1 Å². The van der Waals surface area contributed by atoms with Crippen LogP contribution in [0, 0.1) is 5.92 Å². The molecule has 0 unspecified atom stereocenters. The summed E-state index contributed by atoms with van der Waals surface area (Å²) >= 11 is 5.42. The number of nitrogens with one attached hydrogen (secondary N) is 2. The van der Waals surface area contributed by atoms with Crippen LogP contribution in [0.4, 0.5) is 5.69 Å². The highest BCUT2D eigenvalue weighted by Crippen LogP contribution is 2.32. The average Bonchev–Trinajstić information content (AvgIpc) is 3.21. The minimum atomic E-state index is -0.425. The summed E-state index contributed by atoms with van der Waals surface area (Å²) in [5, 5.41) is 6.78. The molecule has 0 spiro atoms. The first kappa shape index (κ1) is 20.3. The third-order valence-electron chi connectivity index (χ3n) is 5.46. The number of allylic oxidation sites excluding steroid dienone is 1. The molecule has 0 aromatic heterocycles. The quantitative estimate of drug-likeness (QED) is 0.581. The van der Waals surface area contributed by atoms with Crippen LogP contribution >= 0.6 is 12.2 Å². The zero-order valence-electron chi connectivity index (χ0n) is 16.6. The van der Waals surface area contributed by atoms with Gasteiger partial charge in [0.2, 0.25) is 5.91 Å². The zero-order chi connectivity index (χ0) is 20.3. The van der Waals surface area contributed by atoms with Gasteiger partial charge in [0.15, 0.2) is 5.11 Å². The molecule has 0 radical (unpaired) electrons. The van der Waals surface area contributed by atoms with E-state index in [9.17, 15) is 9.59 Å². The normalized spacial score (nSPS) is 20.2. The Morgan fingerprint density at radius 2 is 2.04 bits per heavy atom. The summed E-state index contributed by atoms with van der Waals surface area (Å²) in [5.41, 5.74) is 2.86. The van der Waals surface area contributed by atoms with Crippen LogP contribution in [-0.2, 0) is 14.3 Å². The smallest absolute Gasteiger partial charge is 0.338 e. The van der Waals surface area contributed by atoms with E-state index in [1.54, 1.807) is 11.8 Å². The number of carbonyl (C=O) groups is 2. The number of amides is 1. The highest BCUT2D eigenvalue weighted by molar-refractivity contribution is 7.80. The number of hydrogen-bond acceptors (Lipinski definition) is 4. The second kappa shape index (κ2) is 8.73. The number of rotatable bonds is 5. The SMILES string of the molecule is CCOC(=O)C1=C(C)N(C)C(=S)N[C@H]1c1cccc(NC(=O)C2CCCC2)c1. The summed E-state index contributed by atoms with van der Waals surface area (Å²) in [6.07, 6.45) is 4.13. The third-order valence-corrected chi connectivity index (χ3v) is 5.85. The van der Waals surface area contributed by atoms with E-state index in [0.717, 1.165) is 42.6 Å². The fraction of sp³-hybridized carbons (Fsp3) is 0.476. The molecule has 1 saturated carbocycles. The fourth-order valence-corrected chi connectivity index (χ4v) is 4.04. The molecule has 1 amide bonds. The molecule has 1 aliphatic carbocycles. The van der Waals surface area contributed by atoms with Gasteiger partial charge in [0.05, 0.1) is 18.2 Å². The number of esters is 1. The highest BCUT2D eigenvalue weighted by Gasteiger charge is 2.33. The van der Waals surface area contributed by atoms with Gasteiger partial charge in [0.1, 0.15) is 0 Å². The Morgan fingerprint density at radius 3 is 2.71 bits per heavy atom. The highest BCUT2D eigenvalue weighted by atomic mass is 32.1. The Bertz CT molecular complexity index is 815. The van der Waals surface area contributed by atoms with Crippen LogP contribution < -0.4 is 10.6 Å². The van der Waals surface area contributed by atoms with Crippen molar-refractivity contribution >= 4 is 34.9 Å². The van der Waals surface area contributed by atoms with Crippen LogP contribution in [0.2, 0.25) is 0 Å². The molecule has 3 rings (SSSR count). The maximum Gasteiger partial charge on any atom is 0.338 e. The molecule has 2 aliphatic rings. The molecular formula is C21H27N3O3S. The van der Waals surface area contributed by atoms with E-state index in [2.05, 4.69) is 10.6 Å². The van der Waals surface area contributed by atoms with E-state index in [4.69, 9.17) is 17.0 Å². The molecule has 1 fully saturated rings. The lowest BCUT2D eigenvalue weighted by atomic mass is 9.94. The molecule has 28 heavy (non-hydrogen) atoms. The van der Waals surface area contributed by atoms with Gasteiger partial charge in [-0.3, -0.25) is 4.79 Å². The molecule has 1 aliphatic heterocycles. The Morgan fingerprint density at radius 1 is 1.32 bits per heavy atom. The van der Waals surface area contributed by atoms with E-state index in [-0.39, 0.29) is 17.8 Å². The Balaban J connectivity index is 1.89. The first-order chi connectivity index (χ1) is 13.4. The molecule has 7 heteroatoms. The maximum atomic E-state index is 12.6. The number of carbonyl (C=O) groups excluding carboxylic acids is 2. The Hall–Kier alpha value is -2.41. The van der Waals surface area contributed by atoms with Crippen molar-refractivity contribution in [1.82, 2.24) is 10.2 Å². The topological polar surface area (TPSA) is 70.7 Å². The first-order valence-electron chi connectivity index (χ1n) is 9.75. The van der Waals surface area contributed by atoms with Crippen molar-refractivity contribution in [2.24, 2.45) is 5.92 Å². The van der Waals surface area contributed by atoms with Gasteiger partial charge in [0, 0.05) is 24.4 Å². The maximum absolute atomic E-state index is 12.6. The molecule has 1 heterocycles. The summed E-state index contributed by atoms with van der Waals surface area (Å²) in [6, 6.07) is 7.13. The van der Waals surface area contributed by atoms with Crippen LogP contribution in [0.3, 0.4) is 0 Å². The summed E-state index contributed by atoms with van der Waals surface area (Å²) in [6.45, 7) is 3.94. The van der Waals surface area contributed by atoms with Crippen LogP contribution in [0.15, 0.2) is 35.5 Å². The van der Waals surface area contributed by atoms with Gasteiger partial charge in [-0.25, -0.2) is 4.79 Å². The van der Waals surface area contributed by atoms with Crippen molar-refractivity contribution < 1.29 is 14.3 Å². The van der Waals surface area contributed by atoms with E-state index < -0.39 is 6.04 Å². The lowest BCUT2D eigenvalue weighted by Crippen LogP contribution is -2.46. The predicted molar refractivity (Wildman–Crippen MR) is 113 cm³/mol. The molecule has 1 atom stereocenters. The van der Waals surface area contributed by atoms with Crippen molar-refractivity contribution in [2.45, 2.75) is 45.6 Å². The molecule has 1 aromatic rings. The summed E-state index contributed by atoms with van der Waals surface area (Å²) in [5.74, 6) is -0.207. The van der Waals surface area contributed by atoms with Gasteiger partial charge in [-0.05, 0) is 56.6 Å². The Labute approximate surface area is 171 Å². The number of hydrogen-bond donors (Lipinski definition) is 2. The fourth-order valence-electron chi connectivity index (χ4n) is 3.79. The van der Waals surface area contributed by atoms with Crippen molar-refractivity contribution in [2.75, 3.05) is 19.0 Å². The standard InChI is InChI=1S/C21H27N3O3S/c1-4-27-20(26)17-13(2)24(3)21(28)23-18(17)15-10-7-11-16(12-15)22-19(25)14-8-5-6-9-14/h7,10-12,14,18H,4-6,8-9H2,1-3H3,(H,22,25)(H,23,28)/t18-/m0/s1. The summed E-state index contributed by atoms with van der Waals surface area (Å²) in [7, 11) is 1.82. The number of nitrogens with zero attached hydrogens (tertiary/aromatic N) is 1. The molecule has 0 bridgehead atoms. The van der Waals surface area contributed by atoms with Gasteiger partial charge in [-0.15, -0.1) is 0 Å². The molecule has 0 saturated heterocycles. The largest absolute Gasteiger partial charge is 0.463 e. The van der Waals surface area contributed by atoms with E-state index in [0.29, 0.717) is 17.3 Å². The number of benzene rings is 1. The van der Waals surface area contributed by atoms with Crippen LogP contribution in [0.1, 0.15) is 51.1 Å². The lowest BCUT2D eigenvalue weighted by Gasteiger charge is -2.35. The van der Waals surface area contributed by atoms with E-state index in [1.165, 1.54) is 0 Å². The van der Waals surface area contributed by atoms with Gasteiger partial charge in [-0.1, -0.05) is 25.0 Å². The summed E-state index contributed by atoms with van der Waals surface area (Å²) in [4.78, 5) is 26.9. The van der Waals surface area contributed by atoms with Crippen LogP contribution in [0.5, 0.6) is 0 Å². The predicted octanol–water partition coefficient (Wildman–Crippen LogP) is 3.51. The minimum absolute atomic E-state index is 0.0684. The second-order valence-electron chi connectivity index (χ2n) is 7.26. The molecule has 6 nitrogen and oxygen atoms in total. The lowest BCUT2D eigenvalue weighted by molar-refractivity contribution is -0.139. The minimum Gasteiger partial charge on any atom is -0.463 e. The van der Waals surface area contributed by atoms with Crippen molar-refractivity contribution in [3.63, 3.8) is 0 Å².